The van der Waals surface area contributed by atoms with Crippen molar-refractivity contribution in [1.29, 1.82) is 0 Å². The third-order valence-corrected chi connectivity index (χ3v) is 18.0. The fourth-order valence-corrected chi connectivity index (χ4v) is 12.2. The van der Waals surface area contributed by atoms with Crippen molar-refractivity contribution >= 4 is 5.91 Å². The predicted octanol–water partition coefficient (Wildman–Crippen LogP) is 9.44. The molecule has 0 bridgehead atoms. The molecule has 19 heteroatoms. The van der Waals surface area contributed by atoms with Crippen LogP contribution in [0.5, 0.6) is 0 Å². The van der Waals surface area contributed by atoms with E-state index in [1.165, 1.54) is 199 Å². The average Bonchev–Trinajstić information content (AvgIpc) is 0.958. The van der Waals surface area contributed by atoms with E-state index in [9.17, 15) is 61.0 Å². The Bertz CT molecular complexity index is 1690. The summed E-state index contributed by atoms with van der Waals surface area (Å²) in [5.74, 6) is -0.284. The van der Waals surface area contributed by atoms with E-state index in [0.717, 1.165) is 44.9 Å². The lowest BCUT2D eigenvalue weighted by Gasteiger charge is -2.48. The van der Waals surface area contributed by atoms with Crippen LogP contribution in [0.1, 0.15) is 277 Å². The maximum absolute atomic E-state index is 13.3. The molecule has 0 aromatic heterocycles. The van der Waals surface area contributed by atoms with Crippen LogP contribution in [0.25, 0.3) is 0 Å². The lowest BCUT2D eigenvalue weighted by Crippen LogP contribution is -2.66. The SMILES string of the molecule is CCCC/C=C/CC/C=C/C(O)C(COC1OC(CO)C(OC2OC(CO)C(OC3OC(CO)C(O)C(O)C3O)C(O)C2O)C(O)C1O)NC(=O)CCCCCCCCCCCCCCCCCCCCCCCCCCCCCCCCCCCCC. The first-order valence-corrected chi connectivity index (χ1v) is 35.6. The van der Waals surface area contributed by atoms with Crippen molar-refractivity contribution < 1.29 is 89.4 Å². The Labute approximate surface area is 530 Å². The van der Waals surface area contributed by atoms with Gasteiger partial charge in [-0.1, -0.05) is 269 Å². The average molecular weight is 1260 g/mol. The molecule has 0 radical (unpaired) electrons. The Balaban J connectivity index is 1.28. The molecule has 3 rings (SSSR count). The summed E-state index contributed by atoms with van der Waals surface area (Å²) in [6.45, 7) is 1.64. The first-order valence-electron chi connectivity index (χ1n) is 35.6. The van der Waals surface area contributed by atoms with Crippen molar-refractivity contribution in [3.05, 3.63) is 24.3 Å². The quantitative estimate of drug-likeness (QED) is 0.0199. The first kappa shape index (κ1) is 80.5. The summed E-state index contributed by atoms with van der Waals surface area (Å²) in [7, 11) is 0. The van der Waals surface area contributed by atoms with E-state index < -0.39 is 124 Å². The van der Waals surface area contributed by atoms with Crippen LogP contribution >= 0.6 is 0 Å². The highest BCUT2D eigenvalue weighted by Gasteiger charge is 2.53. The molecule has 3 aliphatic rings. The zero-order chi connectivity index (χ0) is 64.0. The van der Waals surface area contributed by atoms with Crippen molar-refractivity contribution in [1.82, 2.24) is 5.32 Å². The Hall–Kier alpha value is -1.73. The number of aliphatic hydroxyl groups is 11. The van der Waals surface area contributed by atoms with Gasteiger partial charge in [0.2, 0.25) is 5.91 Å². The molecule has 19 nitrogen and oxygen atoms in total. The second kappa shape index (κ2) is 51.7. The van der Waals surface area contributed by atoms with Crippen molar-refractivity contribution in [2.24, 2.45) is 0 Å². The molecule has 88 heavy (non-hydrogen) atoms. The monoisotopic (exact) mass is 1260 g/mol. The lowest BCUT2D eigenvalue weighted by atomic mass is 9.96. The van der Waals surface area contributed by atoms with Gasteiger partial charge >= 0.3 is 0 Å². The van der Waals surface area contributed by atoms with E-state index in [4.69, 9.17) is 28.4 Å². The van der Waals surface area contributed by atoms with Crippen LogP contribution in [-0.2, 0) is 33.2 Å². The van der Waals surface area contributed by atoms with Gasteiger partial charge in [0.1, 0.15) is 73.2 Å². The van der Waals surface area contributed by atoms with Gasteiger partial charge in [0.05, 0.1) is 38.6 Å². The number of hydrogen-bond acceptors (Lipinski definition) is 18. The summed E-state index contributed by atoms with van der Waals surface area (Å²) in [5.41, 5.74) is 0. The van der Waals surface area contributed by atoms with Gasteiger partial charge in [-0.05, 0) is 25.7 Å². The smallest absolute Gasteiger partial charge is 0.220 e. The summed E-state index contributed by atoms with van der Waals surface area (Å²) in [6.07, 6.45) is 32.5. The number of carbonyl (C=O) groups excluding carboxylic acids is 1. The maximum atomic E-state index is 13.3. The number of allylic oxidation sites excluding steroid dienone is 3. The summed E-state index contributed by atoms with van der Waals surface area (Å²) in [4.78, 5) is 13.3. The number of amides is 1. The molecular formula is C69H129NO18. The van der Waals surface area contributed by atoms with Crippen molar-refractivity contribution in [3.8, 4) is 0 Å². The van der Waals surface area contributed by atoms with E-state index >= 15 is 0 Å². The number of nitrogens with one attached hydrogen (secondary N) is 1. The minimum Gasteiger partial charge on any atom is -0.394 e. The summed E-state index contributed by atoms with van der Waals surface area (Å²) in [5, 5.41) is 120. The van der Waals surface area contributed by atoms with Gasteiger partial charge in [0.15, 0.2) is 18.9 Å². The predicted molar refractivity (Wildman–Crippen MR) is 342 cm³/mol. The summed E-state index contributed by atoms with van der Waals surface area (Å²) >= 11 is 0. The van der Waals surface area contributed by atoms with E-state index in [-0.39, 0.29) is 18.9 Å². The topological polar surface area (TPSA) is 307 Å². The Morgan fingerprint density at radius 3 is 1.12 bits per heavy atom. The zero-order valence-corrected chi connectivity index (χ0v) is 54.7. The minimum atomic E-state index is -1.98. The third-order valence-electron chi connectivity index (χ3n) is 18.0. The van der Waals surface area contributed by atoms with Crippen LogP contribution in [0.4, 0.5) is 0 Å². The number of hydrogen-bond donors (Lipinski definition) is 12. The first-order chi connectivity index (χ1) is 42.8. The van der Waals surface area contributed by atoms with Crippen LogP contribution in [0.15, 0.2) is 24.3 Å². The molecule has 0 aromatic rings. The number of rotatable bonds is 55. The number of ether oxygens (including phenoxy) is 6. The molecule has 3 aliphatic heterocycles. The molecular weight excluding hydrogens is 1130 g/mol. The number of aliphatic hydroxyl groups excluding tert-OH is 11. The van der Waals surface area contributed by atoms with Gasteiger partial charge in [0, 0.05) is 6.42 Å². The third kappa shape index (κ3) is 33.4. The highest BCUT2D eigenvalue weighted by Crippen LogP contribution is 2.33. The summed E-state index contributed by atoms with van der Waals surface area (Å²) < 4.78 is 34.2. The van der Waals surface area contributed by atoms with Crippen LogP contribution in [0, 0.1) is 0 Å². The normalized spacial score (nSPS) is 28.5. The molecule has 0 spiro atoms. The van der Waals surface area contributed by atoms with Crippen LogP contribution in [-0.4, -0.2) is 193 Å². The Morgan fingerprint density at radius 2 is 0.727 bits per heavy atom. The standard InChI is InChI=1S/C69H129NO18/c1-3-5-7-9-11-13-14-15-16-17-18-19-20-21-22-23-24-25-26-27-28-29-30-31-32-33-34-35-36-37-38-39-41-43-45-47-57(75)70-52(53(74)46-44-42-40-12-10-8-6-4-2)51-83-67-63(81)60(78)65(55(49-72)85-67)88-69-64(82)61(79)66(56(50-73)86-69)87-68-62(80)59(77)58(76)54(48-71)84-68/h10,12,44,46,52-56,58-69,71-74,76-82H,3-9,11,13-43,45,47-51H2,1-2H3,(H,70,75)/b12-10+,46-44+. The number of unbranched alkanes of at least 4 members (excludes halogenated alkanes) is 37. The molecule has 12 N–H and O–H groups in total. The Kier molecular flexibility index (Phi) is 47.3. The highest BCUT2D eigenvalue weighted by atomic mass is 16.8. The molecule has 3 fully saturated rings. The summed E-state index contributed by atoms with van der Waals surface area (Å²) in [6, 6.07) is -0.984. The van der Waals surface area contributed by atoms with Gasteiger partial charge in [-0.25, -0.2) is 0 Å². The molecule has 17 unspecified atom stereocenters. The van der Waals surface area contributed by atoms with E-state index in [1.54, 1.807) is 6.08 Å². The molecule has 1 amide bonds. The second-order valence-electron chi connectivity index (χ2n) is 25.7. The fraction of sp³-hybridized carbons (Fsp3) is 0.928. The molecule has 0 aromatic carbocycles. The molecule has 3 heterocycles. The van der Waals surface area contributed by atoms with Crippen molar-refractivity contribution in [3.63, 3.8) is 0 Å². The minimum absolute atomic E-state index is 0.240. The van der Waals surface area contributed by atoms with E-state index in [1.807, 2.05) is 6.08 Å². The number of carbonyl (C=O) groups is 1. The molecule has 0 saturated carbocycles. The second-order valence-corrected chi connectivity index (χ2v) is 25.7. The molecule has 0 aliphatic carbocycles. The van der Waals surface area contributed by atoms with Crippen LogP contribution in [0.3, 0.4) is 0 Å². The fourth-order valence-electron chi connectivity index (χ4n) is 12.2. The maximum Gasteiger partial charge on any atom is 0.220 e. The van der Waals surface area contributed by atoms with Gasteiger partial charge in [0.25, 0.3) is 0 Å². The van der Waals surface area contributed by atoms with Gasteiger partial charge in [-0.15, -0.1) is 0 Å². The van der Waals surface area contributed by atoms with E-state index in [2.05, 4.69) is 31.3 Å². The molecule has 3 saturated heterocycles. The van der Waals surface area contributed by atoms with Gasteiger partial charge < -0.3 is 89.9 Å². The van der Waals surface area contributed by atoms with Crippen LogP contribution in [0.2, 0.25) is 0 Å². The van der Waals surface area contributed by atoms with E-state index in [0.29, 0.717) is 12.8 Å². The van der Waals surface area contributed by atoms with Gasteiger partial charge in [-0.3, -0.25) is 4.79 Å². The largest absolute Gasteiger partial charge is 0.394 e. The zero-order valence-electron chi connectivity index (χ0n) is 54.7. The Morgan fingerprint density at radius 1 is 0.398 bits per heavy atom. The van der Waals surface area contributed by atoms with Crippen molar-refractivity contribution in [2.75, 3.05) is 26.4 Å². The molecule has 17 atom stereocenters. The van der Waals surface area contributed by atoms with Crippen molar-refractivity contribution in [2.45, 2.75) is 381 Å². The highest BCUT2D eigenvalue weighted by molar-refractivity contribution is 5.76. The van der Waals surface area contributed by atoms with Gasteiger partial charge in [-0.2, -0.15) is 0 Å². The molecule has 518 valence electrons. The van der Waals surface area contributed by atoms with Crippen LogP contribution < -0.4 is 5.32 Å². The lowest BCUT2D eigenvalue weighted by molar-refractivity contribution is -0.379.